The SMILES string of the molecule is CCC(CC)(Pc1ccccc1C(C)O)c1cccc(OC)c1OCOC. The van der Waals surface area contributed by atoms with Crippen molar-refractivity contribution in [2.45, 2.75) is 44.9 Å². The molecule has 0 bridgehead atoms. The van der Waals surface area contributed by atoms with Gasteiger partial charge in [-0.15, -0.1) is 0 Å². The lowest BCUT2D eigenvalue weighted by Crippen LogP contribution is -2.24. The van der Waals surface area contributed by atoms with Crippen LogP contribution in [0, 0.1) is 0 Å². The van der Waals surface area contributed by atoms with Crippen LogP contribution in [-0.2, 0) is 9.89 Å². The Morgan fingerprint density at radius 3 is 2.33 bits per heavy atom. The maximum Gasteiger partial charge on any atom is 0.188 e. The zero-order valence-corrected chi connectivity index (χ0v) is 17.9. The van der Waals surface area contributed by atoms with Gasteiger partial charge in [0.1, 0.15) is 0 Å². The van der Waals surface area contributed by atoms with Crippen molar-refractivity contribution < 1.29 is 19.3 Å². The number of benzene rings is 2. The van der Waals surface area contributed by atoms with Gasteiger partial charge in [-0.05, 0) is 36.7 Å². The van der Waals surface area contributed by atoms with E-state index in [2.05, 4.69) is 26.0 Å². The fourth-order valence-corrected chi connectivity index (χ4v) is 5.24. The molecule has 0 aliphatic carbocycles. The standard InChI is InChI=1S/C22H31O4P/c1-6-22(7-2,27-20-14-9-8-11-17(20)16(3)23)18-12-10-13-19(25-5)21(18)26-15-24-4/h8-14,16,23,27H,6-7,15H2,1-5H3. The van der Waals surface area contributed by atoms with Crippen LogP contribution < -0.4 is 14.8 Å². The third kappa shape index (κ3) is 4.82. The Morgan fingerprint density at radius 1 is 1.04 bits per heavy atom. The molecule has 0 aromatic heterocycles. The zero-order valence-electron chi connectivity index (χ0n) is 16.9. The summed E-state index contributed by atoms with van der Waals surface area (Å²) in [6.45, 7) is 6.41. The molecule has 27 heavy (non-hydrogen) atoms. The Kier molecular flexibility index (Phi) is 8.09. The maximum atomic E-state index is 10.2. The molecule has 0 radical (unpaired) electrons. The van der Waals surface area contributed by atoms with Gasteiger partial charge in [-0.25, -0.2) is 0 Å². The molecule has 0 aliphatic heterocycles. The molecular weight excluding hydrogens is 359 g/mol. The van der Waals surface area contributed by atoms with E-state index in [1.54, 1.807) is 14.2 Å². The van der Waals surface area contributed by atoms with Gasteiger partial charge in [0.2, 0.25) is 0 Å². The normalized spacial score (nSPS) is 13.1. The van der Waals surface area contributed by atoms with Gasteiger partial charge in [-0.3, -0.25) is 0 Å². The zero-order chi connectivity index (χ0) is 19.9. The highest BCUT2D eigenvalue weighted by Gasteiger charge is 2.34. The molecule has 2 unspecified atom stereocenters. The summed E-state index contributed by atoms with van der Waals surface area (Å²) in [5.41, 5.74) is 2.12. The van der Waals surface area contributed by atoms with Gasteiger partial charge in [0, 0.05) is 17.8 Å². The number of methoxy groups -OCH3 is 2. The van der Waals surface area contributed by atoms with Crippen molar-refractivity contribution in [2.24, 2.45) is 0 Å². The molecule has 0 heterocycles. The number of aliphatic hydroxyl groups is 1. The monoisotopic (exact) mass is 390 g/mol. The lowest BCUT2D eigenvalue weighted by molar-refractivity contribution is 0.0479. The highest BCUT2D eigenvalue weighted by molar-refractivity contribution is 7.48. The van der Waals surface area contributed by atoms with E-state index >= 15 is 0 Å². The molecule has 0 saturated heterocycles. The van der Waals surface area contributed by atoms with Gasteiger partial charge in [-0.2, -0.15) is 0 Å². The van der Waals surface area contributed by atoms with Crippen LogP contribution in [-0.4, -0.2) is 26.1 Å². The number of para-hydroxylation sites is 1. The maximum absolute atomic E-state index is 10.2. The minimum absolute atomic E-state index is 0.109. The summed E-state index contributed by atoms with van der Waals surface area (Å²) >= 11 is 0. The quantitative estimate of drug-likeness (QED) is 0.470. The molecule has 2 aromatic rings. The van der Waals surface area contributed by atoms with E-state index in [9.17, 15) is 5.11 Å². The molecule has 4 nitrogen and oxygen atoms in total. The second-order valence-corrected chi connectivity index (χ2v) is 8.31. The van der Waals surface area contributed by atoms with Crippen LogP contribution >= 0.6 is 8.58 Å². The molecule has 5 heteroatoms. The number of hydrogen-bond acceptors (Lipinski definition) is 4. The first kappa shape index (κ1) is 21.7. The van der Waals surface area contributed by atoms with Crippen LogP contribution in [0.15, 0.2) is 42.5 Å². The Bertz CT molecular complexity index is 726. The predicted molar refractivity (Wildman–Crippen MR) is 113 cm³/mol. The molecule has 1 N–H and O–H groups in total. The van der Waals surface area contributed by atoms with Crippen LogP contribution in [0.2, 0.25) is 0 Å². The highest BCUT2D eigenvalue weighted by Crippen LogP contribution is 2.52. The number of ether oxygens (including phenoxy) is 3. The summed E-state index contributed by atoms with van der Waals surface area (Å²) in [6, 6.07) is 14.2. The lowest BCUT2D eigenvalue weighted by atomic mass is 9.91. The molecule has 0 amide bonds. The molecule has 2 aromatic carbocycles. The largest absolute Gasteiger partial charge is 0.493 e. The van der Waals surface area contributed by atoms with Crippen molar-refractivity contribution in [3.8, 4) is 11.5 Å². The molecule has 0 fully saturated rings. The summed E-state index contributed by atoms with van der Waals surface area (Å²) < 4.78 is 16.6. The van der Waals surface area contributed by atoms with Crippen molar-refractivity contribution in [3.63, 3.8) is 0 Å². The summed E-state index contributed by atoms with van der Waals surface area (Å²) in [5.74, 6) is 1.46. The van der Waals surface area contributed by atoms with Crippen molar-refractivity contribution in [2.75, 3.05) is 21.0 Å². The van der Waals surface area contributed by atoms with Gasteiger partial charge in [0.15, 0.2) is 18.3 Å². The molecular formula is C22H31O4P. The van der Waals surface area contributed by atoms with E-state index in [1.807, 2.05) is 37.3 Å². The van der Waals surface area contributed by atoms with Crippen molar-refractivity contribution in [1.82, 2.24) is 0 Å². The summed E-state index contributed by atoms with van der Waals surface area (Å²) in [4.78, 5) is 0. The summed E-state index contributed by atoms with van der Waals surface area (Å²) in [5, 5.41) is 11.3. The topological polar surface area (TPSA) is 47.9 Å². The first-order valence-corrected chi connectivity index (χ1v) is 10.4. The summed E-state index contributed by atoms with van der Waals surface area (Å²) in [7, 11) is 3.77. The lowest BCUT2D eigenvalue weighted by Gasteiger charge is -2.35. The number of aliphatic hydroxyl groups excluding tert-OH is 1. The van der Waals surface area contributed by atoms with Gasteiger partial charge in [-0.1, -0.05) is 58.8 Å². The molecule has 2 rings (SSSR count). The molecule has 0 aliphatic rings. The fraction of sp³-hybridized carbons (Fsp3) is 0.455. The van der Waals surface area contributed by atoms with Crippen LogP contribution in [0.4, 0.5) is 0 Å². The first-order chi connectivity index (χ1) is 13.0. The second-order valence-electron chi connectivity index (χ2n) is 6.57. The van der Waals surface area contributed by atoms with Gasteiger partial charge >= 0.3 is 0 Å². The van der Waals surface area contributed by atoms with Gasteiger partial charge < -0.3 is 19.3 Å². The molecule has 2 atom stereocenters. The van der Waals surface area contributed by atoms with Gasteiger partial charge in [0.25, 0.3) is 0 Å². The van der Waals surface area contributed by atoms with Crippen LogP contribution in [0.25, 0.3) is 0 Å². The second kappa shape index (κ2) is 10.1. The van der Waals surface area contributed by atoms with E-state index in [-0.39, 0.29) is 11.9 Å². The Balaban J connectivity index is 2.57. The average molecular weight is 390 g/mol. The molecule has 0 spiro atoms. The third-order valence-corrected chi connectivity index (χ3v) is 7.21. The van der Waals surface area contributed by atoms with Crippen molar-refractivity contribution in [1.29, 1.82) is 0 Å². The molecule has 0 saturated carbocycles. The Morgan fingerprint density at radius 2 is 1.74 bits per heavy atom. The van der Waals surface area contributed by atoms with Crippen LogP contribution in [0.5, 0.6) is 11.5 Å². The molecule has 148 valence electrons. The van der Waals surface area contributed by atoms with E-state index in [0.29, 0.717) is 14.3 Å². The van der Waals surface area contributed by atoms with E-state index in [4.69, 9.17) is 14.2 Å². The van der Waals surface area contributed by atoms with E-state index < -0.39 is 6.10 Å². The predicted octanol–water partition coefficient (Wildman–Crippen LogP) is 4.75. The third-order valence-electron chi connectivity index (χ3n) is 5.03. The van der Waals surface area contributed by atoms with Crippen LogP contribution in [0.3, 0.4) is 0 Å². The van der Waals surface area contributed by atoms with E-state index in [0.717, 1.165) is 29.7 Å². The van der Waals surface area contributed by atoms with Crippen LogP contribution in [0.1, 0.15) is 50.8 Å². The first-order valence-electron chi connectivity index (χ1n) is 9.37. The van der Waals surface area contributed by atoms with Crippen molar-refractivity contribution >= 4 is 13.9 Å². The number of hydrogen-bond donors (Lipinski definition) is 1. The summed E-state index contributed by atoms with van der Waals surface area (Å²) in [6.07, 6.45) is 1.41. The van der Waals surface area contributed by atoms with E-state index in [1.165, 1.54) is 5.30 Å². The average Bonchev–Trinajstić information content (AvgIpc) is 2.70. The van der Waals surface area contributed by atoms with Gasteiger partial charge in [0.05, 0.1) is 13.2 Å². The smallest absolute Gasteiger partial charge is 0.188 e. The highest BCUT2D eigenvalue weighted by atomic mass is 31.1. The Hall–Kier alpha value is -1.61. The number of rotatable bonds is 10. The van der Waals surface area contributed by atoms with Crippen molar-refractivity contribution in [3.05, 3.63) is 53.6 Å². The Labute approximate surface area is 164 Å². The minimum atomic E-state index is -0.491. The fourth-order valence-electron chi connectivity index (χ4n) is 3.43. The minimum Gasteiger partial charge on any atom is -0.493 e.